The smallest absolute Gasteiger partial charge is 0.162 e. The van der Waals surface area contributed by atoms with Crippen LogP contribution in [0.15, 0.2) is 28.7 Å². The molecule has 0 amide bonds. The molecule has 2 aromatic rings. The summed E-state index contributed by atoms with van der Waals surface area (Å²) in [5.41, 5.74) is 2.79. The Kier molecular flexibility index (Phi) is 3.26. The minimum Gasteiger partial charge on any atom is -0.233 e. The van der Waals surface area contributed by atoms with Gasteiger partial charge in [-0.25, -0.2) is 9.97 Å². The molecule has 0 saturated heterocycles. The van der Waals surface area contributed by atoms with Crippen LogP contribution in [0.25, 0.3) is 11.4 Å². The van der Waals surface area contributed by atoms with Crippen molar-refractivity contribution in [1.82, 2.24) is 9.97 Å². The highest BCUT2D eigenvalue weighted by atomic mass is 79.9. The summed E-state index contributed by atoms with van der Waals surface area (Å²) in [6.45, 7) is 3.85. The maximum Gasteiger partial charge on any atom is 0.162 e. The van der Waals surface area contributed by atoms with E-state index in [1.807, 2.05) is 38.1 Å². The van der Waals surface area contributed by atoms with Crippen LogP contribution in [0, 0.1) is 13.8 Å². The van der Waals surface area contributed by atoms with Gasteiger partial charge in [-0.15, -0.1) is 0 Å². The van der Waals surface area contributed by atoms with Crippen molar-refractivity contribution in [2.75, 3.05) is 0 Å². The summed E-state index contributed by atoms with van der Waals surface area (Å²) < 4.78 is 0.967. The van der Waals surface area contributed by atoms with E-state index in [0.717, 1.165) is 21.3 Å². The Labute approximate surface area is 108 Å². The fourth-order valence-corrected chi connectivity index (χ4v) is 2.04. The summed E-state index contributed by atoms with van der Waals surface area (Å²) in [6, 6.07) is 7.83. The Morgan fingerprint density at radius 3 is 2.44 bits per heavy atom. The van der Waals surface area contributed by atoms with Crippen LogP contribution in [-0.4, -0.2) is 9.97 Å². The minimum absolute atomic E-state index is 0.512. The maximum absolute atomic E-state index is 6.05. The van der Waals surface area contributed by atoms with Crippen molar-refractivity contribution in [3.8, 4) is 11.4 Å². The first kappa shape index (κ1) is 11.6. The number of rotatable bonds is 1. The van der Waals surface area contributed by atoms with E-state index < -0.39 is 0 Å². The average molecular weight is 298 g/mol. The van der Waals surface area contributed by atoms with Crippen LogP contribution in [-0.2, 0) is 0 Å². The molecule has 0 saturated carbocycles. The number of benzene rings is 1. The normalized spacial score (nSPS) is 10.5. The van der Waals surface area contributed by atoms with Crippen molar-refractivity contribution in [1.29, 1.82) is 0 Å². The van der Waals surface area contributed by atoms with Crippen LogP contribution >= 0.6 is 27.5 Å². The molecule has 4 heteroatoms. The fourth-order valence-electron chi connectivity index (χ4n) is 1.36. The second-order valence-corrected chi connectivity index (χ2v) is 4.74. The highest BCUT2D eigenvalue weighted by Gasteiger charge is 2.09. The molecule has 0 atom stereocenters. The largest absolute Gasteiger partial charge is 0.233 e. The number of hydrogen-bond donors (Lipinski definition) is 0. The molecule has 1 aromatic carbocycles. The third kappa shape index (κ3) is 2.11. The molecular weight excluding hydrogens is 288 g/mol. The molecule has 0 bridgehead atoms. The molecule has 1 heterocycles. The highest BCUT2D eigenvalue weighted by Crippen LogP contribution is 2.27. The molecule has 0 N–H and O–H groups in total. The molecule has 2 rings (SSSR count). The molecule has 0 aliphatic carbocycles. The molecule has 1 aromatic heterocycles. The lowest BCUT2D eigenvalue weighted by Crippen LogP contribution is -1.96. The first-order chi connectivity index (χ1) is 7.59. The van der Waals surface area contributed by atoms with E-state index >= 15 is 0 Å². The fraction of sp³-hybridized carbons (Fsp3) is 0.167. The summed E-state index contributed by atoms with van der Waals surface area (Å²) in [5.74, 6) is 0.653. The molecule has 0 fully saturated rings. The van der Waals surface area contributed by atoms with Gasteiger partial charge < -0.3 is 0 Å². The zero-order valence-corrected chi connectivity index (χ0v) is 11.3. The van der Waals surface area contributed by atoms with E-state index in [2.05, 4.69) is 25.9 Å². The van der Waals surface area contributed by atoms with E-state index in [1.165, 1.54) is 0 Å². The number of aromatic nitrogens is 2. The summed E-state index contributed by atoms with van der Waals surface area (Å²) in [5, 5.41) is 0.512. The summed E-state index contributed by atoms with van der Waals surface area (Å²) in [6.07, 6.45) is 0. The number of halogens is 2. The van der Waals surface area contributed by atoms with Gasteiger partial charge in [0.25, 0.3) is 0 Å². The van der Waals surface area contributed by atoms with E-state index in [9.17, 15) is 0 Å². The van der Waals surface area contributed by atoms with Crippen molar-refractivity contribution in [3.05, 3.63) is 45.1 Å². The molecule has 16 heavy (non-hydrogen) atoms. The van der Waals surface area contributed by atoms with Gasteiger partial charge in [-0.05, 0) is 19.9 Å². The topological polar surface area (TPSA) is 25.8 Å². The van der Waals surface area contributed by atoms with E-state index in [1.54, 1.807) is 0 Å². The van der Waals surface area contributed by atoms with Gasteiger partial charge in [-0.1, -0.05) is 45.7 Å². The highest BCUT2D eigenvalue weighted by molar-refractivity contribution is 9.10. The van der Waals surface area contributed by atoms with Crippen LogP contribution in [0.3, 0.4) is 0 Å². The Hall–Kier alpha value is -0.930. The van der Waals surface area contributed by atoms with Gasteiger partial charge in [0.05, 0.1) is 0 Å². The monoisotopic (exact) mass is 296 g/mol. The van der Waals surface area contributed by atoms with Crippen LogP contribution in [0.1, 0.15) is 11.3 Å². The molecule has 0 spiro atoms. The third-order valence-electron chi connectivity index (χ3n) is 2.44. The Bertz CT molecular complexity index is 517. The SMILES string of the molecule is Cc1nc(-c2ccccc2Br)nc(Cl)c1C. The van der Waals surface area contributed by atoms with Crippen LogP contribution in [0.5, 0.6) is 0 Å². The molecule has 2 nitrogen and oxygen atoms in total. The summed E-state index contributed by atoms with van der Waals surface area (Å²) >= 11 is 9.53. The van der Waals surface area contributed by atoms with Crippen LogP contribution in [0.2, 0.25) is 5.15 Å². The summed E-state index contributed by atoms with van der Waals surface area (Å²) in [4.78, 5) is 8.73. The maximum atomic E-state index is 6.05. The molecule has 0 aliphatic rings. The quantitative estimate of drug-likeness (QED) is 0.738. The second-order valence-electron chi connectivity index (χ2n) is 3.53. The van der Waals surface area contributed by atoms with Gasteiger partial charge in [-0.2, -0.15) is 0 Å². The van der Waals surface area contributed by atoms with Crippen molar-refractivity contribution in [2.45, 2.75) is 13.8 Å². The van der Waals surface area contributed by atoms with Gasteiger partial charge in [0.15, 0.2) is 5.82 Å². The van der Waals surface area contributed by atoms with Crippen molar-refractivity contribution >= 4 is 27.5 Å². The zero-order chi connectivity index (χ0) is 11.7. The standard InChI is InChI=1S/C12H10BrClN2/c1-7-8(2)15-12(16-11(7)14)9-5-3-4-6-10(9)13/h3-6H,1-2H3. The zero-order valence-electron chi connectivity index (χ0n) is 8.96. The Morgan fingerprint density at radius 2 is 1.81 bits per heavy atom. The molecular formula is C12H10BrClN2. The molecule has 0 aliphatic heterocycles. The van der Waals surface area contributed by atoms with Gasteiger partial charge in [-0.3, -0.25) is 0 Å². The average Bonchev–Trinajstić information content (AvgIpc) is 2.26. The van der Waals surface area contributed by atoms with Gasteiger partial charge in [0.1, 0.15) is 5.15 Å². The first-order valence-corrected chi connectivity index (χ1v) is 6.02. The number of hydrogen-bond acceptors (Lipinski definition) is 2. The van der Waals surface area contributed by atoms with Gasteiger partial charge >= 0.3 is 0 Å². The van der Waals surface area contributed by atoms with E-state index in [0.29, 0.717) is 11.0 Å². The molecule has 82 valence electrons. The lowest BCUT2D eigenvalue weighted by atomic mass is 10.2. The van der Waals surface area contributed by atoms with Gasteiger partial charge in [0.2, 0.25) is 0 Å². The Balaban J connectivity index is 2.62. The van der Waals surface area contributed by atoms with Crippen molar-refractivity contribution < 1.29 is 0 Å². The predicted molar refractivity (Wildman–Crippen MR) is 69.7 cm³/mol. The molecule has 0 radical (unpaired) electrons. The van der Waals surface area contributed by atoms with Crippen molar-refractivity contribution in [3.63, 3.8) is 0 Å². The molecule has 0 unspecified atom stereocenters. The minimum atomic E-state index is 0.512. The Morgan fingerprint density at radius 1 is 1.12 bits per heavy atom. The second kappa shape index (κ2) is 4.52. The third-order valence-corrected chi connectivity index (χ3v) is 3.50. The van der Waals surface area contributed by atoms with Crippen LogP contribution < -0.4 is 0 Å². The van der Waals surface area contributed by atoms with Gasteiger partial charge in [0, 0.05) is 21.3 Å². The van der Waals surface area contributed by atoms with E-state index in [-0.39, 0.29) is 0 Å². The van der Waals surface area contributed by atoms with E-state index in [4.69, 9.17) is 11.6 Å². The number of aryl methyl sites for hydroxylation is 1. The van der Waals surface area contributed by atoms with Crippen molar-refractivity contribution in [2.24, 2.45) is 0 Å². The number of nitrogens with zero attached hydrogens (tertiary/aromatic N) is 2. The van der Waals surface area contributed by atoms with Crippen LogP contribution in [0.4, 0.5) is 0 Å². The first-order valence-electron chi connectivity index (χ1n) is 4.85. The summed E-state index contributed by atoms with van der Waals surface area (Å²) in [7, 11) is 0. The lowest BCUT2D eigenvalue weighted by molar-refractivity contribution is 1.07. The predicted octanol–water partition coefficient (Wildman–Crippen LogP) is 4.18. The lowest BCUT2D eigenvalue weighted by Gasteiger charge is -2.07.